The van der Waals surface area contributed by atoms with Gasteiger partial charge in [0, 0.05) is 49.7 Å². The molecule has 0 spiro atoms. The summed E-state index contributed by atoms with van der Waals surface area (Å²) in [6, 6.07) is -0.118. The maximum Gasteiger partial charge on any atom is 0.325 e. The number of aryl methyl sites for hydroxylation is 1. The minimum atomic E-state index is -1.95. The quantitative estimate of drug-likeness (QED) is 0.696. The third-order valence-electron chi connectivity index (χ3n) is 6.36. The molecule has 3 aliphatic heterocycles. The van der Waals surface area contributed by atoms with Crippen LogP contribution in [0, 0.1) is 12.8 Å². The summed E-state index contributed by atoms with van der Waals surface area (Å²) in [7, 11) is 0. The standard InChI is InChI=1S/C19H25FN4O5/c1-11-13(16(26)22-18(28)21-11)2-3-15(25)24-6-4-12-8-23(9-14(12)24)17(27)19(20)5-7-29-10-19/h12,14H,2-10H2,1H3,(H2,21,22,26,28)/t12-,14+,19?/m1/s1. The molecule has 0 radical (unpaired) electrons. The van der Waals surface area contributed by atoms with Crippen molar-refractivity contribution in [2.45, 2.75) is 44.3 Å². The number of nitrogens with one attached hydrogen (secondary N) is 2. The largest absolute Gasteiger partial charge is 0.377 e. The van der Waals surface area contributed by atoms with Crippen LogP contribution in [0.5, 0.6) is 0 Å². The molecule has 3 atom stereocenters. The fourth-order valence-electron chi connectivity index (χ4n) is 4.73. The van der Waals surface area contributed by atoms with E-state index in [1.807, 2.05) is 0 Å². The first-order valence-corrected chi connectivity index (χ1v) is 9.96. The number of H-pyrrole nitrogens is 2. The molecule has 3 fully saturated rings. The number of amides is 2. The Balaban J connectivity index is 1.39. The maximum atomic E-state index is 14.7. The van der Waals surface area contributed by atoms with E-state index in [1.165, 1.54) is 4.90 Å². The van der Waals surface area contributed by atoms with Crippen molar-refractivity contribution in [3.8, 4) is 0 Å². The molecule has 0 aromatic carbocycles. The lowest BCUT2D eigenvalue weighted by molar-refractivity contribution is -0.144. The number of hydrogen-bond acceptors (Lipinski definition) is 5. The van der Waals surface area contributed by atoms with Gasteiger partial charge in [0.15, 0.2) is 0 Å². The summed E-state index contributed by atoms with van der Waals surface area (Å²) in [6.45, 7) is 3.06. The zero-order chi connectivity index (χ0) is 20.8. The van der Waals surface area contributed by atoms with Gasteiger partial charge in [0.05, 0.1) is 19.3 Å². The van der Waals surface area contributed by atoms with Gasteiger partial charge in [0.1, 0.15) is 0 Å². The lowest BCUT2D eigenvalue weighted by Crippen LogP contribution is -2.47. The van der Waals surface area contributed by atoms with Crippen LogP contribution in [0.1, 0.15) is 30.5 Å². The van der Waals surface area contributed by atoms with E-state index in [0.717, 1.165) is 6.42 Å². The van der Waals surface area contributed by atoms with Crippen LogP contribution < -0.4 is 11.2 Å². The first-order valence-electron chi connectivity index (χ1n) is 9.96. The predicted octanol–water partition coefficient (Wildman–Crippen LogP) is -0.508. The van der Waals surface area contributed by atoms with E-state index in [-0.39, 0.29) is 50.3 Å². The van der Waals surface area contributed by atoms with Crippen molar-refractivity contribution in [1.82, 2.24) is 19.8 Å². The van der Waals surface area contributed by atoms with Gasteiger partial charge in [0.25, 0.3) is 11.5 Å². The Labute approximate surface area is 166 Å². The third-order valence-corrected chi connectivity index (χ3v) is 6.36. The van der Waals surface area contributed by atoms with E-state index in [0.29, 0.717) is 30.9 Å². The van der Waals surface area contributed by atoms with E-state index < -0.39 is 22.8 Å². The molecule has 9 nitrogen and oxygen atoms in total. The molecule has 2 amide bonds. The summed E-state index contributed by atoms with van der Waals surface area (Å²) in [5, 5.41) is 0. The number of hydrogen-bond donors (Lipinski definition) is 2. The summed E-state index contributed by atoms with van der Waals surface area (Å²) in [5.41, 5.74) is -2.16. The Bertz CT molecular complexity index is 935. The van der Waals surface area contributed by atoms with Crippen LogP contribution in [-0.2, 0) is 20.7 Å². The Morgan fingerprint density at radius 2 is 2.07 bits per heavy atom. The van der Waals surface area contributed by atoms with Crippen molar-refractivity contribution in [2.75, 3.05) is 32.8 Å². The van der Waals surface area contributed by atoms with Crippen LogP contribution in [0.15, 0.2) is 9.59 Å². The van der Waals surface area contributed by atoms with Crippen molar-refractivity contribution in [2.24, 2.45) is 5.92 Å². The number of likely N-dealkylation sites (tertiary alicyclic amines) is 2. The van der Waals surface area contributed by atoms with Gasteiger partial charge in [-0.15, -0.1) is 0 Å². The van der Waals surface area contributed by atoms with Crippen LogP contribution in [0.3, 0.4) is 0 Å². The molecular formula is C19H25FN4O5. The molecule has 3 saturated heterocycles. The molecule has 3 aliphatic rings. The van der Waals surface area contributed by atoms with Gasteiger partial charge in [0.2, 0.25) is 11.6 Å². The predicted molar refractivity (Wildman–Crippen MR) is 100 cm³/mol. The van der Waals surface area contributed by atoms with Gasteiger partial charge in [-0.1, -0.05) is 0 Å². The Hall–Kier alpha value is -2.49. The van der Waals surface area contributed by atoms with Gasteiger partial charge in [-0.05, 0) is 19.8 Å². The average molecular weight is 408 g/mol. The summed E-state index contributed by atoms with van der Waals surface area (Å²) in [5.74, 6) is -0.491. The SMILES string of the molecule is Cc1[nH]c(=O)[nH]c(=O)c1CCC(=O)N1CC[C@@H]2CN(C(=O)C3(F)CCOC3)C[C@@H]21. The zero-order valence-corrected chi connectivity index (χ0v) is 16.3. The van der Waals surface area contributed by atoms with Gasteiger partial charge < -0.3 is 19.5 Å². The number of halogens is 1. The lowest BCUT2D eigenvalue weighted by atomic mass is 10.0. The summed E-state index contributed by atoms with van der Waals surface area (Å²) < 4.78 is 19.8. The highest BCUT2D eigenvalue weighted by atomic mass is 19.1. The molecule has 0 aliphatic carbocycles. The Kier molecular flexibility index (Phi) is 5.05. The molecular weight excluding hydrogens is 383 g/mol. The van der Waals surface area contributed by atoms with E-state index >= 15 is 0 Å². The van der Waals surface area contributed by atoms with E-state index in [9.17, 15) is 23.6 Å². The summed E-state index contributed by atoms with van der Waals surface area (Å²) in [4.78, 5) is 56.6. The monoisotopic (exact) mass is 408 g/mol. The molecule has 4 rings (SSSR count). The van der Waals surface area contributed by atoms with Crippen LogP contribution in [0.2, 0.25) is 0 Å². The molecule has 4 heterocycles. The number of aromatic nitrogens is 2. The van der Waals surface area contributed by atoms with Crippen molar-refractivity contribution in [1.29, 1.82) is 0 Å². The number of alkyl halides is 1. The first-order chi connectivity index (χ1) is 13.8. The molecule has 2 N–H and O–H groups in total. The number of rotatable bonds is 4. The van der Waals surface area contributed by atoms with Gasteiger partial charge in [-0.2, -0.15) is 0 Å². The molecule has 0 saturated carbocycles. The highest BCUT2D eigenvalue weighted by Gasteiger charge is 2.51. The van der Waals surface area contributed by atoms with E-state index in [4.69, 9.17) is 4.74 Å². The topological polar surface area (TPSA) is 116 Å². The number of carbonyl (C=O) groups is 2. The maximum absolute atomic E-state index is 14.7. The average Bonchev–Trinajstić information content (AvgIpc) is 3.35. The highest BCUT2D eigenvalue weighted by molar-refractivity contribution is 5.86. The Morgan fingerprint density at radius 3 is 2.76 bits per heavy atom. The minimum absolute atomic E-state index is 0.0768. The minimum Gasteiger partial charge on any atom is -0.377 e. The molecule has 29 heavy (non-hydrogen) atoms. The summed E-state index contributed by atoms with van der Waals surface area (Å²) in [6.07, 6.45) is 1.20. The Morgan fingerprint density at radius 1 is 1.28 bits per heavy atom. The normalized spacial score (nSPS) is 28.8. The van der Waals surface area contributed by atoms with Crippen molar-refractivity contribution >= 4 is 11.8 Å². The fourth-order valence-corrected chi connectivity index (χ4v) is 4.73. The number of fused-ring (bicyclic) bond motifs is 1. The fraction of sp³-hybridized carbons (Fsp3) is 0.684. The zero-order valence-electron chi connectivity index (χ0n) is 16.3. The molecule has 158 valence electrons. The summed E-state index contributed by atoms with van der Waals surface area (Å²) >= 11 is 0. The van der Waals surface area contributed by atoms with Gasteiger partial charge in [-0.25, -0.2) is 9.18 Å². The van der Waals surface area contributed by atoms with Crippen LogP contribution in [0.4, 0.5) is 4.39 Å². The van der Waals surface area contributed by atoms with Crippen LogP contribution >= 0.6 is 0 Å². The number of nitrogens with zero attached hydrogens (tertiary/aromatic N) is 2. The van der Waals surface area contributed by atoms with Gasteiger partial charge in [-0.3, -0.25) is 19.4 Å². The van der Waals surface area contributed by atoms with Crippen LogP contribution in [-0.4, -0.2) is 76.1 Å². The van der Waals surface area contributed by atoms with Crippen LogP contribution in [0.25, 0.3) is 0 Å². The molecule has 1 aromatic heterocycles. The molecule has 1 aromatic rings. The second kappa shape index (κ2) is 7.40. The highest BCUT2D eigenvalue weighted by Crippen LogP contribution is 2.35. The first kappa shape index (κ1) is 19.8. The molecule has 0 bridgehead atoms. The molecule has 1 unspecified atom stereocenters. The second-order valence-corrected chi connectivity index (χ2v) is 8.19. The number of aromatic amines is 2. The number of ether oxygens (including phenoxy) is 1. The van der Waals surface area contributed by atoms with Crippen molar-refractivity contribution in [3.05, 3.63) is 32.1 Å². The van der Waals surface area contributed by atoms with E-state index in [1.54, 1.807) is 11.8 Å². The second-order valence-electron chi connectivity index (χ2n) is 8.19. The number of carbonyl (C=O) groups excluding carboxylic acids is 2. The van der Waals surface area contributed by atoms with E-state index in [2.05, 4.69) is 9.97 Å². The third kappa shape index (κ3) is 3.61. The van der Waals surface area contributed by atoms with Crippen molar-refractivity contribution in [3.63, 3.8) is 0 Å². The smallest absolute Gasteiger partial charge is 0.325 e. The molecule has 10 heteroatoms. The van der Waals surface area contributed by atoms with Gasteiger partial charge >= 0.3 is 5.69 Å². The van der Waals surface area contributed by atoms with Crippen molar-refractivity contribution < 1.29 is 18.7 Å². The lowest BCUT2D eigenvalue weighted by Gasteiger charge is -2.27.